The molecule has 2 aromatic rings. The molecule has 0 radical (unpaired) electrons. The van der Waals surface area contributed by atoms with E-state index in [0.29, 0.717) is 23.6 Å². The van der Waals surface area contributed by atoms with E-state index >= 15 is 0 Å². The summed E-state index contributed by atoms with van der Waals surface area (Å²) in [7, 11) is 0. The topological polar surface area (TPSA) is 47.8 Å². The molecule has 0 aliphatic heterocycles. The maximum atomic E-state index is 11.8. The zero-order valence-electron chi connectivity index (χ0n) is 11.3. The van der Waals surface area contributed by atoms with Gasteiger partial charge in [0.25, 0.3) is 0 Å². The number of hydrogen-bond donors (Lipinski definition) is 0. The molecule has 0 aliphatic rings. The summed E-state index contributed by atoms with van der Waals surface area (Å²) < 4.78 is 1.66. The highest BCUT2D eigenvalue weighted by molar-refractivity contribution is 6.32. The van der Waals surface area contributed by atoms with Gasteiger partial charge < -0.3 is 0 Å². The molecule has 1 aromatic heterocycles. The second kappa shape index (κ2) is 5.53. The lowest BCUT2D eigenvalue weighted by Crippen LogP contribution is -2.06. The maximum absolute atomic E-state index is 11.8. The first kappa shape index (κ1) is 13.7. The summed E-state index contributed by atoms with van der Waals surface area (Å²) in [5.41, 5.74) is 3.09. The number of aromatic nitrogens is 3. The Kier molecular flexibility index (Phi) is 4.00. The number of carbonyl (C=O) groups excluding carboxylic acids is 1. The fourth-order valence-corrected chi connectivity index (χ4v) is 2.30. The average Bonchev–Trinajstić information content (AvgIpc) is 2.81. The minimum atomic E-state index is 0.00586. The number of halogens is 1. The largest absolute Gasteiger partial charge is 0.292 e. The van der Waals surface area contributed by atoms with Gasteiger partial charge in [-0.1, -0.05) is 36.7 Å². The molecule has 1 heterocycles. The molecule has 0 N–H and O–H groups in total. The number of Topliss-reactive ketones (excluding diaryl/α,β-unsaturated/α-hetero) is 1. The lowest BCUT2D eigenvalue weighted by atomic mass is 10.1. The Bertz CT molecular complexity index is 619. The lowest BCUT2D eigenvalue weighted by molar-refractivity contribution is 0.0982. The van der Waals surface area contributed by atoms with E-state index in [-0.39, 0.29) is 5.78 Å². The fraction of sp³-hybridized carbons (Fsp3) is 0.357. The Labute approximate surface area is 117 Å². The predicted octanol–water partition coefficient (Wildman–Crippen LogP) is 3.38. The Morgan fingerprint density at radius 2 is 2.11 bits per heavy atom. The number of benzene rings is 1. The van der Waals surface area contributed by atoms with Gasteiger partial charge >= 0.3 is 0 Å². The van der Waals surface area contributed by atoms with Crippen LogP contribution in [0.15, 0.2) is 18.2 Å². The zero-order chi connectivity index (χ0) is 14.0. The number of nitrogens with zero attached hydrogens (tertiary/aromatic N) is 3. The van der Waals surface area contributed by atoms with Gasteiger partial charge in [0.2, 0.25) is 0 Å². The van der Waals surface area contributed by atoms with Crippen molar-refractivity contribution in [2.75, 3.05) is 0 Å². The zero-order valence-corrected chi connectivity index (χ0v) is 12.0. The maximum Gasteiger partial charge on any atom is 0.184 e. The monoisotopic (exact) mass is 277 g/mol. The number of carbonyl (C=O) groups is 1. The lowest BCUT2D eigenvalue weighted by Gasteiger charge is -2.08. The van der Waals surface area contributed by atoms with Crippen LogP contribution in [-0.2, 0) is 6.42 Å². The second-order valence-corrected chi connectivity index (χ2v) is 4.79. The third-order valence-corrected chi connectivity index (χ3v) is 3.32. The van der Waals surface area contributed by atoms with E-state index in [2.05, 4.69) is 10.3 Å². The SMILES string of the molecule is CCC(=O)c1nnn(-c2ccc(C)cc2Cl)c1CC. The van der Waals surface area contributed by atoms with Crippen molar-refractivity contribution in [1.82, 2.24) is 15.0 Å². The molecular weight excluding hydrogens is 262 g/mol. The first-order valence-electron chi connectivity index (χ1n) is 6.32. The van der Waals surface area contributed by atoms with Crippen molar-refractivity contribution in [2.45, 2.75) is 33.6 Å². The summed E-state index contributed by atoms with van der Waals surface area (Å²) in [6.45, 7) is 5.77. The number of aryl methyl sites for hydroxylation is 1. The van der Waals surface area contributed by atoms with E-state index in [1.165, 1.54) is 0 Å². The van der Waals surface area contributed by atoms with Gasteiger partial charge in [0, 0.05) is 6.42 Å². The normalized spacial score (nSPS) is 10.7. The predicted molar refractivity (Wildman–Crippen MR) is 75.1 cm³/mol. The van der Waals surface area contributed by atoms with Crippen LogP contribution in [0.25, 0.3) is 5.69 Å². The second-order valence-electron chi connectivity index (χ2n) is 4.38. The van der Waals surface area contributed by atoms with E-state index in [1.54, 1.807) is 4.68 Å². The molecule has 2 rings (SSSR count). The van der Waals surface area contributed by atoms with Gasteiger partial charge in [-0.05, 0) is 31.0 Å². The van der Waals surface area contributed by atoms with Crippen molar-refractivity contribution in [1.29, 1.82) is 0 Å². The first-order valence-corrected chi connectivity index (χ1v) is 6.70. The van der Waals surface area contributed by atoms with Crippen LogP contribution in [0.5, 0.6) is 0 Å². The minimum absolute atomic E-state index is 0.00586. The van der Waals surface area contributed by atoms with Crippen molar-refractivity contribution in [3.05, 3.63) is 40.2 Å². The van der Waals surface area contributed by atoms with Gasteiger partial charge in [-0.3, -0.25) is 4.79 Å². The molecule has 5 heteroatoms. The van der Waals surface area contributed by atoms with Crippen LogP contribution in [0.2, 0.25) is 5.02 Å². The van der Waals surface area contributed by atoms with Gasteiger partial charge in [0.1, 0.15) is 0 Å². The molecule has 19 heavy (non-hydrogen) atoms. The van der Waals surface area contributed by atoms with E-state index in [4.69, 9.17) is 11.6 Å². The molecule has 1 aromatic carbocycles. The molecule has 0 saturated carbocycles. The van der Waals surface area contributed by atoms with Crippen LogP contribution in [-0.4, -0.2) is 20.8 Å². The first-order chi connectivity index (χ1) is 9.08. The Morgan fingerprint density at radius 3 is 2.68 bits per heavy atom. The van der Waals surface area contributed by atoms with E-state index in [1.807, 2.05) is 39.0 Å². The summed E-state index contributed by atoms with van der Waals surface area (Å²) >= 11 is 6.24. The standard InChI is InChI=1S/C14H16ClN3O/c1-4-11-14(13(19)5-2)16-17-18(11)12-7-6-9(3)8-10(12)15/h6-8H,4-5H2,1-3H3. The van der Waals surface area contributed by atoms with Crippen molar-refractivity contribution in [3.63, 3.8) is 0 Å². The Hall–Kier alpha value is -1.68. The summed E-state index contributed by atoms with van der Waals surface area (Å²) in [5, 5.41) is 8.69. The highest BCUT2D eigenvalue weighted by atomic mass is 35.5. The third-order valence-electron chi connectivity index (χ3n) is 3.01. The molecule has 0 unspecified atom stereocenters. The number of rotatable bonds is 4. The molecule has 0 amide bonds. The Balaban J connectivity index is 2.57. The van der Waals surface area contributed by atoms with Gasteiger partial charge in [-0.25, -0.2) is 4.68 Å². The summed E-state index contributed by atoms with van der Waals surface area (Å²) in [5.74, 6) is 0.00586. The van der Waals surface area contributed by atoms with Gasteiger partial charge in [-0.2, -0.15) is 0 Å². The number of ketones is 1. The molecule has 0 saturated heterocycles. The van der Waals surface area contributed by atoms with Crippen LogP contribution in [0.3, 0.4) is 0 Å². The van der Waals surface area contributed by atoms with E-state index in [0.717, 1.165) is 16.9 Å². The molecule has 0 spiro atoms. The van der Waals surface area contributed by atoms with E-state index < -0.39 is 0 Å². The van der Waals surface area contributed by atoms with Crippen molar-refractivity contribution >= 4 is 17.4 Å². The quantitative estimate of drug-likeness (QED) is 0.805. The van der Waals surface area contributed by atoms with E-state index in [9.17, 15) is 4.79 Å². The molecule has 0 aliphatic carbocycles. The highest BCUT2D eigenvalue weighted by Gasteiger charge is 2.18. The smallest absolute Gasteiger partial charge is 0.184 e. The number of hydrogen-bond acceptors (Lipinski definition) is 3. The van der Waals surface area contributed by atoms with Crippen molar-refractivity contribution in [2.24, 2.45) is 0 Å². The summed E-state index contributed by atoms with van der Waals surface area (Å²) in [6.07, 6.45) is 1.10. The molecule has 0 atom stereocenters. The van der Waals surface area contributed by atoms with Gasteiger partial charge in [0.05, 0.1) is 16.4 Å². The molecule has 0 bridgehead atoms. The molecule has 0 fully saturated rings. The third kappa shape index (κ3) is 2.54. The highest BCUT2D eigenvalue weighted by Crippen LogP contribution is 2.23. The van der Waals surface area contributed by atoms with Crippen LogP contribution in [0.1, 0.15) is 42.0 Å². The van der Waals surface area contributed by atoms with Crippen molar-refractivity contribution in [3.8, 4) is 5.69 Å². The van der Waals surface area contributed by atoms with Crippen LogP contribution >= 0.6 is 11.6 Å². The average molecular weight is 278 g/mol. The minimum Gasteiger partial charge on any atom is -0.292 e. The van der Waals surface area contributed by atoms with Crippen molar-refractivity contribution < 1.29 is 4.79 Å². The fourth-order valence-electron chi connectivity index (χ4n) is 1.98. The Morgan fingerprint density at radius 1 is 1.37 bits per heavy atom. The van der Waals surface area contributed by atoms with Crippen LogP contribution < -0.4 is 0 Å². The summed E-state index contributed by atoms with van der Waals surface area (Å²) in [6, 6.07) is 5.73. The van der Waals surface area contributed by atoms with Crippen LogP contribution in [0, 0.1) is 6.92 Å². The molecule has 4 nitrogen and oxygen atoms in total. The molecule has 100 valence electrons. The van der Waals surface area contributed by atoms with Gasteiger partial charge in [0.15, 0.2) is 11.5 Å². The molecular formula is C14H16ClN3O. The van der Waals surface area contributed by atoms with Gasteiger partial charge in [-0.15, -0.1) is 5.10 Å². The van der Waals surface area contributed by atoms with Crippen LogP contribution in [0.4, 0.5) is 0 Å². The summed E-state index contributed by atoms with van der Waals surface area (Å²) in [4.78, 5) is 11.8.